The summed E-state index contributed by atoms with van der Waals surface area (Å²) in [5.74, 6) is -0.828. The van der Waals surface area contributed by atoms with Crippen molar-refractivity contribution in [1.82, 2.24) is 9.97 Å². The number of hydrogen-bond acceptors (Lipinski definition) is 5. The maximum absolute atomic E-state index is 11.0. The van der Waals surface area contributed by atoms with E-state index in [2.05, 4.69) is 9.97 Å². The number of aliphatic carboxylic acids is 1. The summed E-state index contributed by atoms with van der Waals surface area (Å²) in [4.78, 5) is 20.5. The number of allylic oxidation sites excluding steroid dienone is 1. The van der Waals surface area contributed by atoms with Gasteiger partial charge >= 0.3 is 5.97 Å². The fourth-order valence-electron chi connectivity index (χ4n) is 2.27. The highest BCUT2D eigenvalue weighted by Gasteiger charge is 2.16. The second-order valence-corrected chi connectivity index (χ2v) is 6.14. The van der Waals surface area contributed by atoms with E-state index in [1.807, 2.05) is 12.1 Å². The molecule has 2 aromatic heterocycles. The number of hydrogen-bond donors (Lipinski definition) is 2. The van der Waals surface area contributed by atoms with Crippen LogP contribution >= 0.6 is 11.3 Å². The topological polar surface area (TPSA) is 83.3 Å². The van der Waals surface area contributed by atoms with Crippen LogP contribution in [0.3, 0.4) is 0 Å². The van der Waals surface area contributed by atoms with Gasteiger partial charge in [-0.05, 0) is 48.9 Å². The molecule has 0 unspecified atom stereocenters. The van der Waals surface area contributed by atoms with Gasteiger partial charge in [0.05, 0.1) is 10.6 Å². The van der Waals surface area contributed by atoms with E-state index in [1.165, 1.54) is 17.4 Å². The van der Waals surface area contributed by atoms with Crippen LogP contribution in [0.2, 0.25) is 0 Å². The summed E-state index contributed by atoms with van der Waals surface area (Å²) < 4.78 is 0. The molecule has 1 aromatic carbocycles. The molecule has 0 aliphatic carbocycles. The first-order valence-electron chi connectivity index (χ1n) is 7.17. The van der Waals surface area contributed by atoms with Crippen molar-refractivity contribution in [2.24, 2.45) is 0 Å². The van der Waals surface area contributed by atoms with Crippen LogP contribution in [-0.4, -0.2) is 26.2 Å². The molecule has 0 aliphatic rings. The van der Waals surface area contributed by atoms with Gasteiger partial charge in [-0.2, -0.15) is 0 Å². The van der Waals surface area contributed by atoms with E-state index in [0.29, 0.717) is 11.3 Å². The molecule has 0 amide bonds. The first-order chi connectivity index (χ1) is 11.5. The molecular weight excluding hydrogens is 324 g/mol. The summed E-state index contributed by atoms with van der Waals surface area (Å²) in [5, 5.41) is 19.3. The van der Waals surface area contributed by atoms with E-state index in [1.54, 1.807) is 43.6 Å². The number of thiazole rings is 1. The van der Waals surface area contributed by atoms with Crippen molar-refractivity contribution in [3.63, 3.8) is 0 Å². The van der Waals surface area contributed by atoms with Gasteiger partial charge in [0.1, 0.15) is 10.8 Å². The number of phenols is 1. The standard InChI is InChI=1S/C18H14N2O3S/c1-11(10-15(22)23)17-16(12-2-4-14(21)5-3-12)20-18(24-17)13-6-8-19-9-7-13/h2-10,21H,1H3,(H,22,23)/b11-10+. The number of phenolic OH excluding ortho intramolecular Hbond substituents is 1. The molecule has 3 aromatic rings. The van der Waals surface area contributed by atoms with Crippen LogP contribution in [0.1, 0.15) is 11.8 Å². The Labute approximate surface area is 142 Å². The molecule has 2 heterocycles. The van der Waals surface area contributed by atoms with Crippen molar-refractivity contribution < 1.29 is 15.0 Å². The number of carboxylic acid groups (broad SMARTS) is 1. The Morgan fingerprint density at radius 3 is 2.38 bits per heavy atom. The fraction of sp³-hybridized carbons (Fsp3) is 0.0556. The second kappa shape index (κ2) is 6.64. The fourth-order valence-corrected chi connectivity index (χ4v) is 3.34. The number of carboxylic acids is 1. The highest BCUT2D eigenvalue weighted by molar-refractivity contribution is 7.16. The summed E-state index contributed by atoms with van der Waals surface area (Å²) in [6.07, 6.45) is 4.56. The molecule has 2 N–H and O–H groups in total. The second-order valence-electron chi connectivity index (χ2n) is 5.15. The van der Waals surface area contributed by atoms with E-state index in [-0.39, 0.29) is 5.75 Å². The van der Waals surface area contributed by atoms with Crippen LogP contribution < -0.4 is 0 Å². The molecule has 0 atom stereocenters. The smallest absolute Gasteiger partial charge is 0.328 e. The van der Waals surface area contributed by atoms with E-state index < -0.39 is 5.97 Å². The third kappa shape index (κ3) is 3.33. The quantitative estimate of drug-likeness (QED) is 0.701. The van der Waals surface area contributed by atoms with E-state index in [0.717, 1.165) is 21.0 Å². The summed E-state index contributed by atoms with van der Waals surface area (Å²) >= 11 is 1.43. The third-order valence-corrected chi connectivity index (χ3v) is 4.63. The van der Waals surface area contributed by atoms with Gasteiger partial charge in [-0.1, -0.05) is 0 Å². The van der Waals surface area contributed by atoms with Crippen LogP contribution in [0.4, 0.5) is 0 Å². The van der Waals surface area contributed by atoms with Crippen LogP contribution in [0.5, 0.6) is 5.75 Å². The molecule has 0 bridgehead atoms. The monoisotopic (exact) mass is 338 g/mol. The molecular formula is C18H14N2O3S. The van der Waals surface area contributed by atoms with Crippen molar-refractivity contribution >= 4 is 22.9 Å². The zero-order valence-corrected chi connectivity index (χ0v) is 13.6. The van der Waals surface area contributed by atoms with Gasteiger partial charge in [0.15, 0.2) is 0 Å². The van der Waals surface area contributed by atoms with Crippen LogP contribution in [0.25, 0.3) is 27.4 Å². The Kier molecular flexibility index (Phi) is 4.39. The van der Waals surface area contributed by atoms with Crippen molar-refractivity contribution in [2.45, 2.75) is 6.92 Å². The maximum atomic E-state index is 11.0. The van der Waals surface area contributed by atoms with Gasteiger partial charge in [-0.15, -0.1) is 11.3 Å². The average Bonchev–Trinajstić information content (AvgIpc) is 3.01. The summed E-state index contributed by atoms with van der Waals surface area (Å²) in [5.41, 5.74) is 3.06. The van der Waals surface area contributed by atoms with Gasteiger partial charge < -0.3 is 10.2 Å². The number of pyridine rings is 1. The average molecular weight is 338 g/mol. The molecule has 0 saturated carbocycles. The van der Waals surface area contributed by atoms with E-state index in [9.17, 15) is 9.90 Å². The zero-order valence-electron chi connectivity index (χ0n) is 12.8. The van der Waals surface area contributed by atoms with E-state index in [4.69, 9.17) is 5.11 Å². The minimum atomic E-state index is -0.997. The van der Waals surface area contributed by atoms with Gasteiger partial charge in [0, 0.05) is 29.6 Å². The lowest BCUT2D eigenvalue weighted by Gasteiger charge is -2.02. The van der Waals surface area contributed by atoms with Gasteiger partial charge in [-0.25, -0.2) is 9.78 Å². The molecule has 6 heteroatoms. The minimum Gasteiger partial charge on any atom is -0.508 e. The Morgan fingerprint density at radius 2 is 1.75 bits per heavy atom. The normalized spacial score (nSPS) is 11.5. The predicted octanol–water partition coefficient (Wildman–Crippen LogP) is 4.07. The molecule has 5 nitrogen and oxygen atoms in total. The molecule has 0 radical (unpaired) electrons. The number of rotatable bonds is 4. The van der Waals surface area contributed by atoms with Gasteiger partial charge in [0.25, 0.3) is 0 Å². The molecule has 0 saturated heterocycles. The first kappa shape index (κ1) is 15.9. The van der Waals surface area contributed by atoms with Gasteiger partial charge in [-0.3, -0.25) is 4.98 Å². The molecule has 0 spiro atoms. The highest BCUT2D eigenvalue weighted by Crippen LogP contribution is 2.38. The lowest BCUT2D eigenvalue weighted by molar-refractivity contribution is -0.131. The first-order valence-corrected chi connectivity index (χ1v) is 7.98. The summed E-state index contributed by atoms with van der Waals surface area (Å²) in [6.45, 7) is 1.75. The lowest BCUT2D eigenvalue weighted by atomic mass is 10.1. The zero-order chi connectivity index (χ0) is 17.1. The SMILES string of the molecule is C/C(=C\C(=O)O)c1sc(-c2ccncc2)nc1-c1ccc(O)cc1. The number of benzene rings is 1. The number of carbonyl (C=O) groups is 1. The largest absolute Gasteiger partial charge is 0.508 e. The van der Waals surface area contributed by atoms with Crippen molar-refractivity contribution in [3.8, 4) is 27.6 Å². The molecule has 0 aliphatic heterocycles. The maximum Gasteiger partial charge on any atom is 0.328 e. The number of aromatic hydroxyl groups is 1. The lowest BCUT2D eigenvalue weighted by Crippen LogP contribution is -1.90. The van der Waals surface area contributed by atoms with Crippen LogP contribution in [0.15, 0.2) is 54.9 Å². The molecule has 3 rings (SSSR count). The minimum absolute atomic E-state index is 0.169. The van der Waals surface area contributed by atoms with Crippen molar-refractivity contribution in [1.29, 1.82) is 0 Å². The Bertz CT molecular complexity index is 900. The molecule has 120 valence electrons. The van der Waals surface area contributed by atoms with Crippen molar-refractivity contribution in [2.75, 3.05) is 0 Å². The Hall–Kier alpha value is -2.99. The van der Waals surface area contributed by atoms with E-state index >= 15 is 0 Å². The Balaban J connectivity index is 2.16. The summed E-state index contributed by atoms with van der Waals surface area (Å²) in [6, 6.07) is 10.4. The highest BCUT2D eigenvalue weighted by atomic mass is 32.1. The van der Waals surface area contributed by atoms with Crippen LogP contribution in [-0.2, 0) is 4.79 Å². The predicted molar refractivity (Wildman–Crippen MR) is 93.7 cm³/mol. The third-order valence-electron chi connectivity index (χ3n) is 3.39. The number of aromatic nitrogens is 2. The van der Waals surface area contributed by atoms with Gasteiger partial charge in [0.2, 0.25) is 0 Å². The molecule has 0 fully saturated rings. The van der Waals surface area contributed by atoms with Crippen molar-refractivity contribution in [3.05, 3.63) is 59.7 Å². The van der Waals surface area contributed by atoms with Crippen LogP contribution in [0, 0.1) is 0 Å². The Morgan fingerprint density at radius 1 is 1.08 bits per heavy atom. The summed E-state index contributed by atoms with van der Waals surface area (Å²) in [7, 11) is 0. The number of nitrogens with zero attached hydrogens (tertiary/aromatic N) is 2. The molecule has 24 heavy (non-hydrogen) atoms.